The third-order valence-corrected chi connectivity index (χ3v) is 8.40. The Morgan fingerprint density at radius 2 is 1.96 bits per heavy atom. The number of ketones is 2. The molecule has 6 nitrogen and oxygen atoms in total. The molecular formula is C21H28O6. The molecular weight excluding hydrogens is 348 g/mol. The van der Waals surface area contributed by atoms with Crippen LogP contribution in [0.3, 0.4) is 0 Å². The van der Waals surface area contributed by atoms with Crippen LogP contribution in [0.15, 0.2) is 23.5 Å². The Morgan fingerprint density at radius 1 is 1.26 bits per heavy atom. The van der Waals surface area contributed by atoms with E-state index in [2.05, 4.69) is 0 Å². The first kappa shape index (κ1) is 18.8. The molecule has 7 atom stereocenters. The third-order valence-electron chi connectivity index (χ3n) is 8.40. The van der Waals surface area contributed by atoms with Gasteiger partial charge < -0.3 is 20.4 Å². The number of aliphatic hydroxyl groups is 4. The van der Waals surface area contributed by atoms with Crippen molar-refractivity contribution in [3.63, 3.8) is 0 Å². The number of allylic oxidation sites excluding steroid dienone is 3. The van der Waals surface area contributed by atoms with Gasteiger partial charge in [-0.2, -0.15) is 0 Å². The van der Waals surface area contributed by atoms with E-state index in [1.807, 2.05) is 13.8 Å². The Morgan fingerprint density at radius 3 is 2.63 bits per heavy atom. The van der Waals surface area contributed by atoms with E-state index in [1.165, 1.54) is 6.08 Å². The van der Waals surface area contributed by atoms with Gasteiger partial charge in [-0.05, 0) is 56.9 Å². The fourth-order valence-electron chi connectivity index (χ4n) is 7.01. The minimum Gasteiger partial charge on any atom is -0.508 e. The molecule has 0 unspecified atom stereocenters. The van der Waals surface area contributed by atoms with Crippen LogP contribution in [-0.2, 0) is 9.59 Å². The molecule has 27 heavy (non-hydrogen) atoms. The molecule has 4 N–H and O–H groups in total. The lowest BCUT2D eigenvalue weighted by atomic mass is 9.45. The molecule has 148 valence electrons. The van der Waals surface area contributed by atoms with E-state index in [-0.39, 0.29) is 42.1 Å². The van der Waals surface area contributed by atoms with E-state index in [0.717, 1.165) is 12.0 Å². The standard InChI is InChI=1S/C21H28O6/c1-19-9-15(24)18-13(14(19)5-6-21(19,27)17(26)10-22)4-3-11-7-12(23)8-16(25)20(11,18)2/h7-8,13-15,18,22-24,27H,3-6,9-10H2,1-2H3/t13-,14-,15-,18+,19-,20+,21-/m0/s1. The number of fused-ring (bicyclic) bond motifs is 5. The summed E-state index contributed by atoms with van der Waals surface area (Å²) < 4.78 is 0. The predicted molar refractivity (Wildman–Crippen MR) is 96.6 cm³/mol. The van der Waals surface area contributed by atoms with Gasteiger partial charge in [-0.25, -0.2) is 0 Å². The average Bonchev–Trinajstić information content (AvgIpc) is 2.87. The maximum absolute atomic E-state index is 12.9. The van der Waals surface area contributed by atoms with E-state index in [0.29, 0.717) is 12.8 Å². The topological polar surface area (TPSA) is 115 Å². The predicted octanol–water partition coefficient (Wildman–Crippen LogP) is 1.44. The van der Waals surface area contributed by atoms with E-state index < -0.39 is 34.9 Å². The molecule has 0 saturated heterocycles. The Balaban J connectivity index is 1.77. The van der Waals surface area contributed by atoms with Gasteiger partial charge in [0, 0.05) is 17.4 Å². The number of Topliss-reactive ketones (excluding diaryl/α,β-unsaturated/α-hetero) is 1. The number of rotatable bonds is 2. The molecule has 3 fully saturated rings. The SMILES string of the molecule is C[C@]12C(=O)C=C(O)C=C1CC[C@@H]1[C@@H]2[C@@H](O)C[C@@]2(C)[C@H]1CC[C@]2(O)C(=O)CO. The van der Waals surface area contributed by atoms with Crippen molar-refractivity contribution in [2.45, 2.75) is 57.7 Å². The highest BCUT2D eigenvalue weighted by atomic mass is 16.3. The maximum Gasteiger partial charge on any atom is 0.190 e. The summed E-state index contributed by atoms with van der Waals surface area (Å²) in [7, 11) is 0. The Hall–Kier alpha value is -1.50. The summed E-state index contributed by atoms with van der Waals surface area (Å²) in [6.45, 7) is 2.99. The fraction of sp³-hybridized carbons (Fsp3) is 0.714. The van der Waals surface area contributed by atoms with Crippen molar-refractivity contribution in [1.29, 1.82) is 0 Å². The van der Waals surface area contributed by atoms with Gasteiger partial charge in [0.15, 0.2) is 11.6 Å². The van der Waals surface area contributed by atoms with Crippen molar-refractivity contribution in [1.82, 2.24) is 0 Å². The van der Waals surface area contributed by atoms with Crippen LogP contribution in [-0.4, -0.2) is 50.3 Å². The van der Waals surface area contributed by atoms with Gasteiger partial charge in [0.1, 0.15) is 18.0 Å². The Labute approximate surface area is 158 Å². The van der Waals surface area contributed by atoms with Gasteiger partial charge in [-0.15, -0.1) is 0 Å². The number of hydrogen-bond acceptors (Lipinski definition) is 6. The number of carbonyl (C=O) groups is 2. The highest BCUT2D eigenvalue weighted by Gasteiger charge is 2.69. The summed E-state index contributed by atoms with van der Waals surface area (Å²) in [5.74, 6) is -1.11. The second-order valence-electron chi connectivity index (χ2n) is 9.31. The van der Waals surface area contributed by atoms with Gasteiger partial charge in [-0.1, -0.05) is 12.5 Å². The quantitative estimate of drug-likeness (QED) is 0.580. The molecule has 0 aromatic rings. The lowest BCUT2D eigenvalue weighted by Crippen LogP contribution is -2.63. The molecule has 0 amide bonds. The molecule has 0 aliphatic heterocycles. The van der Waals surface area contributed by atoms with E-state index in [1.54, 1.807) is 6.08 Å². The summed E-state index contributed by atoms with van der Waals surface area (Å²) in [4.78, 5) is 25.3. The minimum atomic E-state index is -1.63. The van der Waals surface area contributed by atoms with Gasteiger partial charge in [-0.3, -0.25) is 9.59 Å². The zero-order chi connectivity index (χ0) is 19.8. The lowest BCUT2D eigenvalue weighted by Gasteiger charge is -2.59. The first-order valence-corrected chi connectivity index (χ1v) is 9.80. The highest BCUT2D eigenvalue weighted by molar-refractivity contribution is 5.99. The summed E-state index contributed by atoms with van der Waals surface area (Å²) in [5.41, 5.74) is -2.46. The molecule has 0 bridgehead atoms. The first-order valence-electron chi connectivity index (χ1n) is 9.80. The van der Waals surface area contributed by atoms with E-state index in [4.69, 9.17) is 0 Å². The molecule has 0 aromatic carbocycles. The minimum absolute atomic E-state index is 0.000916. The first-order chi connectivity index (χ1) is 12.6. The molecule has 0 spiro atoms. The van der Waals surface area contributed by atoms with Gasteiger partial charge in [0.25, 0.3) is 0 Å². The molecule has 4 aliphatic carbocycles. The van der Waals surface area contributed by atoms with Crippen LogP contribution < -0.4 is 0 Å². The zero-order valence-electron chi connectivity index (χ0n) is 15.8. The lowest BCUT2D eigenvalue weighted by molar-refractivity contribution is -0.182. The smallest absolute Gasteiger partial charge is 0.190 e. The van der Waals surface area contributed by atoms with Gasteiger partial charge >= 0.3 is 0 Å². The van der Waals surface area contributed by atoms with Crippen molar-refractivity contribution in [2.75, 3.05) is 6.61 Å². The van der Waals surface area contributed by atoms with Crippen LogP contribution in [0.1, 0.15) is 46.0 Å². The molecule has 4 aliphatic rings. The summed E-state index contributed by atoms with van der Waals surface area (Å²) >= 11 is 0. The van der Waals surface area contributed by atoms with Crippen LogP contribution in [0.2, 0.25) is 0 Å². The molecule has 0 radical (unpaired) electrons. The summed E-state index contributed by atoms with van der Waals surface area (Å²) in [6, 6.07) is 0. The normalized spacial score (nSPS) is 48.9. The second kappa shape index (κ2) is 5.75. The monoisotopic (exact) mass is 376 g/mol. The van der Waals surface area contributed by atoms with Crippen LogP contribution >= 0.6 is 0 Å². The average molecular weight is 376 g/mol. The fourth-order valence-corrected chi connectivity index (χ4v) is 7.01. The number of aliphatic hydroxyl groups excluding tert-OH is 3. The zero-order valence-corrected chi connectivity index (χ0v) is 15.8. The van der Waals surface area contributed by atoms with Crippen molar-refractivity contribution in [2.24, 2.45) is 28.6 Å². The van der Waals surface area contributed by atoms with Gasteiger partial charge in [0.2, 0.25) is 0 Å². The third kappa shape index (κ3) is 2.18. The number of carbonyl (C=O) groups excluding carboxylic acids is 2. The highest BCUT2D eigenvalue weighted by Crippen LogP contribution is 2.67. The molecule has 3 saturated carbocycles. The van der Waals surface area contributed by atoms with Crippen LogP contribution in [0.25, 0.3) is 0 Å². The molecule has 6 heteroatoms. The largest absolute Gasteiger partial charge is 0.508 e. The second-order valence-corrected chi connectivity index (χ2v) is 9.31. The van der Waals surface area contributed by atoms with Crippen molar-refractivity contribution < 1.29 is 30.0 Å². The van der Waals surface area contributed by atoms with Crippen molar-refractivity contribution in [3.05, 3.63) is 23.5 Å². The van der Waals surface area contributed by atoms with Crippen LogP contribution in [0, 0.1) is 28.6 Å². The van der Waals surface area contributed by atoms with Crippen LogP contribution in [0.4, 0.5) is 0 Å². The molecule has 0 aromatic heterocycles. The van der Waals surface area contributed by atoms with Gasteiger partial charge in [0.05, 0.1) is 11.5 Å². The molecule has 4 rings (SSSR count). The van der Waals surface area contributed by atoms with E-state index in [9.17, 15) is 30.0 Å². The van der Waals surface area contributed by atoms with E-state index >= 15 is 0 Å². The Bertz CT molecular complexity index is 769. The van der Waals surface area contributed by atoms with Crippen molar-refractivity contribution >= 4 is 11.6 Å². The Kier molecular flexibility index (Phi) is 4.01. The summed E-state index contributed by atoms with van der Waals surface area (Å²) in [5, 5.41) is 41.5. The van der Waals surface area contributed by atoms with Crippen molar-refractivity contribution in [3.8, 4) is 0 Å². The summed E-state index contributed by atoms with van der Waals surface area (Å²) in [6.07, 6.45) is 4.56. The molecule has 0 heterocycles. The maximum atomic E-state index is 12.9. The number of hydrogen-bond donors (Lipinski definition) is 4. The van der Waals surface area contributed by atoms with Crippen LogP contribution in [0.5, 0.6) is 0 Å².